The molecule has 0 aromatic heterocycles. The van der Waals surface area contributed by atoms with Crippen molar-refractivity contribution in [3.8, 4) is 0 Å². The molecule has 11 heteroatoms. The van der Waals surface area contributed by atoms with E-state index < -0.39 is 33.5 Å². The molecule has 1 aliphatic rings. The van der Waals surface area contributed by atoms with Crippen molar-refractivity contribution in [2.45, 2.75) is 25.1 Å². The summed E-state index contributed by atoms with van der Waals surface area (Å²) in [6.07, 6.45) is -5.44. The maximum atomic E-state index is 12.8. The molecule has 1 aromatic carbocycles. The summed E-state index contributed by atoms with van der Waals surface area (Å²) < 4.78 is 38.4. The molecule has 1 aliphatic heterocycles. The second kappa shape index (κ2) is 6.71. The molecule has 1 amide bonds. The van der Waals surface area contributed by atoms with Crippen LogP contribution >= 0.6 is 11.6 Å². The molecule has 132 valence electrons. The van der Waals surface area contributed by atoms with Crippen molar-refractivity contribution in [2.75, 3.05) is 18.4 Å². The Hall–Kier alpha value is -2.23. The van der Waals surface area contributed by atoms with Gasteiger partial charge in [-0.25, -0.2) is 0 Å². The van der Waals surface area contributed by atoms with Crippen molar-refractivity contribution >= 4 is 29.1 Å². The lowest BCUT2D eigenvalue weighted by molar-refractivity contribution is -0.384. The molecule has 1 heterocycles. The standard InChI is InChI=1S/C13H13ClF3N3O4/c14-9-6-10(11(20(23)24)5-8(9)13(15,16)17)18-7-1-3-19(4-2-7)12(21)22/h5-7,18H,1-4H2,(H,21,22)/p-1. The van der Waals surface area contributed by atoms with Gasteiger partial charge in [-0.05, 0) is 18.9 Å². The highest BCUT2D eigenvalue weighted by Crippen LogP contribution is 2.40. The fourth-order valence-corrected chi connectivity index (χ4v) is 2.74. The largest absolute Gasteiger partial charge is 0.530 e. The van der Waals surface area contributed by atoms with Crippen LogP contribution in [0.4, 0.5) is 29.3 Å². The van der Waals surface area contributed by atoms with Crippen molar-refractivity contribution in [1.82, 2.24) is 4.90 Å². The van der Waals surface area contributed by atoms with Crippen molar-refractivity contribution in [3.05, 3.63) is 32.8 Å². The van der Waals surface area contributed by atoms with E-state index in [4.69, 9.17) is 11.6 Å². The van der Waals surface area contributed by atoms with Gasteiger partial charge in [0.1, 0.15) is 11.8 Å². The normalized spacial score (nSPS) is 16.1. The molecule has 0 saturated carbocycles. The number of piperidine rings is 1. The van der Waals surface area contributed by atoms with Crippen molar-refractivity contribution in [2.24, 2.45) is 0 Å². The lowest BCUT2D eigenvalue weighted by atomic mass is 10.0. The lowest BCUT2D eigenvalue weighted by Gasteiger charge is -2.34. The van der Waals surface area contributed by atoms with Gasteiger partial charge in [0.25, 0.3) is 5.69 Å². The SMILES string of the molecule is O=C([O-])N1CCC(Nc2cc(Cl)c(C(F)(F)F)cc2[N+](=O)[O-])CC1. The number of benzene rings is 1. The number of hydrogen-bond acceptors (Lipinski definition) is 5. The summed E-state index contributed by atoms with van der Waals surface area (Å²) in [6.45, 7) is 0.338. The minimum absolute atomic E-state index is 0.134. The van der Waals surface area contributed by atoms with Crippen molar-refractivity contribution < 1.29 is 28.0 Å². The van der Waals surface area contributed by atoms with Gasteiger partial charge < -0.3 is 20.1 Å². The van der Waals surface area contributed by atoms with Gasteiger partial charge in [0.2, 0.25) is 0 Å². The van der Waals surface area contributed by atoms with Gasteiger partial charge in [-0.15, -0.1) is 0 Å². The summed E-state index contributed by atoms with van der Waals surface area (Å²) in [6, 6.07) is 0.932. The third-order valence-electron chi connectivity index (χ3n) is 3.70. The number of nitro benzene ring substituents is 1. The van der Waals surface area contributed by atoms with Gasteiger partial charge in [-0.1, -0.05) is 11.6 Å². The van der Waals surface area contributed by atoms with E-state index in [9.17, 15) is 33.2 Å². The number of amides is 1. The molecule has 0 spiro atoms. The number of carboxylic acid groups (broad SMARTS) is 1. The number of alkyl halides is 3. The molecule has 7 nitrogen and oxygen atoms in total. The van der Waals surface area contributed by atoms with Crippen molar-refractivity contribution in [3.63, 3.8) is 0 Å². The molecule has 1 saturated heterocycles. The quantitative estimate of drug-likeness (QED) is 0.654. The van der Waals surface area contributed by atoms with Crippen LogP contribution in [0.2, 0.25) is 5.02 Å². The number of halogens is 4. The fraction of sp³-hybridized carbons (Fsp3) is 0.462. The zero-order chi connectivity index (χ0) is 18.1. The van der Waals surface area contributed by atoms with E-state index >= 15 is 0 Å². The first-order valence-corrected chi connectivity index (χ1v) is 7.25. The first kappa shape index (κ1) is 18.1. The minimum Gasteiger partial charge on any atom is -0.530 e. The Labute approximate surface area is 139 Å². The van der Waals surface area contributed by atoms with Crippen LogP contribution in [0.3, 0.4) is 0 Å². The number of rotatable bonds is 3. The first-order chi connectivity index (χ1) is 11.1. The van der Waals surface area contributed by atoms with E-state index in [1.807, 2.05) is 0 Å². The zero-order valence-electron chi connectivity index (χ0n) is 12.1. The number of nitro groups is 1. The highest BCUT2D eigenvalue weighted by atomic mass is 35.5. The number of anilines is 1. The molecule has 1 fully saturated rings. The van der Waals surface area contributed by atoms with E-state index in [1.165, 1.54) is 0 Å². The van der Waals surface area contributed by atoms with Crippen LogP contribution in [0.1, 0.15) is 18.4 Å². The summed E-state index contributed by atoms with van der Waals surface area (Å²) in [7, 11) is 0. The summed E-state index contributed by atoms with van der Waals surface area (Å²) in [5, 5.41) is 23.9. The Balaban J connectivity index is 2.23. The molecule has 24 heavy (non-hydrogen) atoms. The number of nitrogens with one attached hydrogen (secondary N) is 1. The van der Waals surface area contributed by atoms with Gasteiger partial charge in [0, 0.05) is 25.2 Å². The maximum absolute atomic E-state index is 12.8. The molecule has 2 rings (SSSR count). The Kier molecular flexibility index (Phi) is 5.07. The average molecular weight is 367 g/mol. The zero-order valence-corrected chi connectivity index (χ0v) is 12.9. The summed E-state index contributed by atoms with van der Waals surface area (Å²) in [5.74, 6) is 0. The van der Waals surface area contributed by atoms with E-state index in [0.29, 0.717) is 18.9 Å². The number of likely N-dealkylation sites (tertiary alicyclic amines) is 1. The first-order valence-electron chi connectivity index (χ1n) is 6.87. The van der Waals surface area contributed by atoms with E-state index in [0.717, 1.165) is 11.0 Å². The van der Waals surface area contributed by atoms with Gasteiger partial charge in [-0.3, -0.25) is 10.1 Å². The fourth-order valence-electron chi connectivity index (χ4n) is 2.47. The third-order valence-corrected chi connectivity index (χ3v) is 4.01. The molecule has 0 atom stereocenters. The monoisotopic (exact) mass is 366 g/mol. The average Bonchev–Trinajstić information content (AvgIpc) is 2.46. The number of carbonyl (C=O) groups excluding carboxylic acids is 1. The Morgan fingerprint density at radius 1 is 1.33 bits per heavy atom. The smallest absolute Gasteiger partial charge is 0.418 e. The lowest BCUT2D eigenvalue weighted by Crippen LogP contribution is -2.47. The number of carbonyl (C=O) groups is 1. The minimum atomic E-state index is -4.81. The highest BCUT2D eigenvalue weighted by Gasteiger charge is 2.36. The van der Waals surface area contributed by atoms with Crippen LogP contribution in [-0.4, -0.2) is 35.0 Å². The van der Waals surface area contributed by atoms with Crippen LogP contribution in [0.5, 0.6) is 0 Å². The van der Waals surface area contributed by atoms with E-state index in [2.05, 4.69) is 5.32 Å². The topological polar surface area (TPSA) is 98.5 Å². The van der Waals surface area contributed by atoms with Gasteiger partial charge in [0.15, 0.2) is 0 Å². The molecular weight excluding hydrogens is 355 g/mol. The summed E-state index contributed by atoms with van der Waals surface area (Å²) >= 11 is 5.60. The van der Waals surface area contributed by atoms with E-state index in [-0.39, 0.29) is 24.8 Å². The van der Waals surface area contributed by atoms with Gasteiger partial charge >= 0.3 is 6.18 Å². The predicted molar refractivity (Wildman–Crippen MR) is 76.7 cm³/mol. The molecule has 1 aromatic rings. The highest BCUT2D eigenvalue weighted by molar-refractivity contribution is 6.31. The second-order valence-corrected chi connectivity index (χ2v) is 5.68. The molecule has 1 N–H and O–H groups in total. The Bertz CT molecular complexity index is 661. The van der Waals surface area contributed by atoms with Crippen LogP contribution in [0.25, 0.3) is 0 Å². The Morgan fingerprint density at radius 2 is 1.92 bits per heavy atom. The summed E-state index contributed by atoms with van der Waals surface area (Å²) in [5.41, 5.74) is -2.16. The molecule has 0 radical (unpaired) electrons. The second-order valence-electron chi connectivity index (χ2n) is 5.28. The van der Waals surface area contributed by atoms with Crippen LogP contribution in [0.15, 0.2) is 12.1 Å². The number of nitrogens with zero attached hydrogens (tertiary/aromatic N) is 2. The van der Waals surface area contributed by atoms with Crippen LogP contribution in [0, 0.1) is 10.1 Å². The van der Waals surface area contributed by atoms with Crippen LogP contribution in [-0.2, 0) is 6.18 Å². The number of hydrogen-bond donors (Lipinski definition) is 1. The summed E-state index contributed by atoms with van der Waals surface area (Å²) in [4.78, 5) is 21.9. The Morgan fingerprint density at radius 3 is 2.38 bits per heavy atom. The van der Waals surface area contributed by atoms with Crippen molar-refractivity contribution in [1.29, 1.82) is 0 Å². The predicted octanol–water partition coefficient (Wildman–Crippen LogP) is 2.49. The molecule has 0 bridgehead atoms. The van der Waals surface area contributed by atoms with Crippen LogP contribution < -0.4 is 10.4 Å². The van der Waals surface area contributed by atoms with Gasteiger partial charge in [0.05, 0.1) is 15.5 Å². The third kappa shape index (κ3) is 3.99. The molecule has 0 aliphatic carbocycles. The molecule has 0 unspecified atom stereocenters. The van der Waals surface area contributed by atoms with E-state index in [1.54, 1.807) is 0 Å². The van der Waals surface area contributed by atoms with Gasteiger partial charge in [-0.2, -0.15) is 13.2 Å². The maximum Gasteiger partial charge on any atom is 0.418 e. The molecular formula is C13H12ClF3N3O4-.